The van der Waals surface area contributed by atoms with E-state index < -0.39 is 17.4 Å². The third-order valence-corrected chi connectivity index (χ3v) is 6.40. The number of hydrogen-bond acceptors (Lipinski definition) is 3. The van der Waals surface area contributed by atoms with Gasteiger partial charge < -0.3 is 10.1 Å². The highest BCUT2D eigenvalue weighted by atomic mass is 19.1. The SMILES string of the molecule is COC(=O)[C@@H](Cc1ccc(F)cc1)NC(=O)CC(c1ccccc1)(c1ccccc1)c1ccccc1. The van der Waals surface area contributed by atoms with Gasteiger partial charge in [0.25, 0.3) is 0 Å². The molecule has 182 valence electrons. The van der Waals surface area contributed by atoms with Crippen molar-refractivity contribution in [2.75, 3.05) is 7.11 Å². The maximum atomic E-state index is 13.7. The Morgan fingerprint density at radius 3 is 1.61 bits per heavy atom. The van der Waals surface area contributed by atoms with E-state index in [1.807, 2.05) is 91.0 Å². The smallest absolute Gasteiger partial charge is 0.328 e. The normalized spacial score (nSPS) is 11.9. The van der Waals surface area contributed by atoms with Gasteiger partial charge in [-0.1, -0.05) is 103 Å². The van der Waals surface area contributed by atoms with E-state index in [0.29, 0.717) is 5.56 Å². The van der Waals surface area contributed by atoms with Crippen LogP contribution in [0, 0.1) is 5.82 Å². The number of ether oxygens (including phenoxy) is 1. The third-order valence-electron chi connectivity index (χ3n) is 6.40. The molecule has 4 aromatic carbocycles. The molecule has 0 spiro atoms. The van der Waals surface area contributed by atoms with Crippen molar-refractivity contribution < 1.29 is 18.7 Å². The lowest BCUT2D eigenvalue weighted by atomic mass is 9.67. The molecular formula is C31H28FNO3. The molecule has 36 heavy (non-hydrogen) atoms. The summed E-state index contributed by atoms with van der Waals surface area (Å²) in [4.78, 5) is 26.3. The molecule has 4 nitrogen and oxygen atoms in total. The Kier molecular flexibility index (Phi) is 7.91. The molecule has 0 fully saturated rings. The maximum absolute atomic E-state index is 13.7. The first kappa shape index (κ1) is 24.9. The van der Waals surface area contributed by atoms with Gasteiger partial charge in [0.05, 0.1) is 12.5 Å². The van der Waals surface area contributed by atoms with Crippen molar-refractivity contribution in [1.82, 2.24) is 5.32 Å². The van der Waals surface area contributed by atoms with E-state index in [2.05, 4.69) is 5.32 Å². The molecular weight excluding hydrogens is 453 g/mol. The van der Waals surface area contributed by atoms with Crippen molar-refractivity contribution in [2.24, 2.45) is 0 Å². The Bertz CT molecular complexity index is 1180. The van der Waals surface area contributed by atoms with Gasteiger partial charge in [-0.3, -0.25) is 4.79 Å². The first-order valence-corrected chi connectivity index (χ1v) is 11.8. The van der Waals surface area contributed by atoms with Crippen molar-refractivity contribution >= 4 is 11.9 Å². The van der Waals surface area contributed by atoms with Gasteiger partial charge in [-0.2, -0.15) is 0 Å². The summed E-state index contributed by atoms with van der Waals surface area (Å²) in [6.45, 7) is 0. The van der Waals surface area contributed by atoms with Gasteiger partial charge in [0, 0.05) is 12.8 Å². The van der Waals surface area contributed by atoms with Crippen LogP contribution in [0.5, 0.6) is 0 Å². The van der Waals surface area contributed by atoms with Crippen LogP contribution in [0.15, 0.2) is 115 Å². The van der Waals surface area contributed by atoms with Gasteiger partial charge in [-0.05, 0) is 34.4 Å². The van der Waals surface area contributed by atoms with Crippen molar-refractivity contribution in [3.05, 3.63) is 143 Å². The lowest BCUT2D eigenvalue weighted by molar-refractivity contribution is -0.145. The van der Waals surface area contributed by atoms with E-state index >= 15 is 0 Å². The highest BCUT2D eigenvalue weighted by molar-refractivity contribution is 5.86. The molecule has 0 aliphatic carbocycles. The number of hydrogen-bond donors (Lipinski definition) is 1. The molecule has 4 aromatic rings. The molecule has 0 radical (unpaired) electrons. The van der Waals surface area contributed by atoms with Crippen LogP contribution in [0.2, 0.25) is 0 Å². The van der Waals surface area contributed by atoms with Crippen LogP contribution in [-0.2, 0) is 26.2 Å². The Morgan fingerprint density at radius 1 is 0.750 bits per heavy atom. The van der Waals surface area contributed by atoms with Crippen molar-refractivity contribution in [2.45, 2.75) is 24.3 Å². The van der Waals surface area contributed by atoms with E-state index in [1.54, 1.807) is 12.1 Å². The average molecular weight is 482 g/mol. The highest BCUT2D eigenvalue weighted by Gasteiger charge is 2.39. The lowest BCUT2D eigenvalue weighted by Gasteiger charge is -2.36. The summed E-state index contributed by atoms with van der Waals surface area (Å²) in [6, 6.07) is 34.6. The highest BCUT2D eigenvalue weighted by Crippen LogP contribution is 2.42. The number of methoxy groups -OCH3 is 1. The van der Waals surface area contributed by atoms with E-state index in [-0.39, 0.29) is 24.6 Å². The molecule has 0 saturated heterocycles. The Morgan fingerprint density at radius 2 is 1.19 bits per heavy atom. The molecule has 0 saturated carbocycles. The topological polar surface area (TPSA) is 55.4 Å². The molecule has 0 aliphatic heterocycles. The molecule has 0 heterocycles. The zero-order valence-corrected chi connectivity index (χ0v) is 20.1. The quantitative estimate of drug-likeness (QED) is 0.255. The van der Waals surface area contributed by atoms with Crippen LogP contribution >= 0.6 is 0 Å². The summed E-state index contributed by atoms with van der Waals surface area (Å²) in [5.74, 6) is -1.22. The number of benzene rings is 4. The summed E-state index contributed by atoms with van der Waals surface area (Å²) >= 11 is 0. The first-order chi connectivity index (χ1) is 17.5. The first-order valence-electron chi connectivity index (χ1n) is 11.8. The molecule has 0 aromatic heterocycles. The summed E-state index contributed by atoms with van der Waals surface area (Å²) < 4.78 is 18.3. The van der Waals surface area contributed by atoms with Crippen LogP contribution in [-0.4, -0.2) is 25.0 Å². The van der Waals surface area contributed by atoms with Gasteiger partial charge in [-0.15, -0.1) is 0 Å². The number of rotatable bonds is 9. The van der Waals surface area contributed by atoms with Crippen LogP contribution in [0.3, 0.4) is 0 Å². The Labute approximate surface area is 210 Å². The third kappa shape index (κ3) is 5.52. The van der Waals surface area contributed by atoms with E-state index in [0.717, 1.165) is 16.7 Å². The monoisotopic (exact) mass is 481 g/mol. The van der Waals surface area contributed by atoms with Crippen LogP contribution in [0.25, 0.3) is 0 Å². The van der Waals surface area contributed by atoms with Crippen LogP contribution < -0.4 is 5.32 Å². The Hall–Kier alpha value is -4.25. The number of carbonyl (C=O) groups excluding carboxylic acids is 2. The second-order valence-electron chi connectivity index (χ2n) is 8.65. The zero-order valence-electron chi connectivity index (χ0n) is 20.1. The second-order valence-corrected chi connectivity index (χ2v) is 8.65. The molecule has 5 heteroatoms. The predicted octanol–water partition coefficient (Wildman–Crippen LogP) is 5.45. The fourth-order valence-corrected chi connectivity index (χ4v) is 4.65. The van der Waals surface area contributed by atoms with Crippen molar-refractivity contribution in [3.63, 3.8) is 0 Å². The predicted molar refractivity (Wildman–Crippen MR) is 138 cm³/mol. The van der Waals surface area contributed by atoms with Gasteiger partial charge in [0.15, 0.2) is 0 Å². The van der Waals surface area contributed by atoms with Gasteiger partial charge in [0.2, 0.25) is 5.91 Å². The number of esters is 1. The van der Waals surface area contributed by atoms with E-state index in [4.69, 9.17) is 4.74 Å². The number of halogens is 1. The summed E-state index contributed by atoms with van der Waals surface area (Å²) in [5, 5.41) is 2.89. The molecule has 0 aliphatic rings. The van der Waals surface area contributed by atoms with Gasteiger partial charge >= 0.3 is 5.97 Å². The summed E-state index contributed by atoms with van der Waals surface area (Å²) in [6.07, 6.45) is 0.260. The molecule has 1 atom stereocenters. The number of carbonyl (C=O) groups is 2. The van der Waals surface area contributed by atoms with Crippen LogP contribution in [0.4, 0.5) is 4.39 Å². The minimum atomic E-state index is -0.909. The molecule has 1 N–H and O–H groups in total. The van der Waals surface area contributed by atoms with Crippen molar-refractivity contribution in [3.8, 4) is 0 Å². The summed E-state index contributed by atoms with van der Waals surface area (Å²) in [5.41, 5.74) is 2.82. The summed E-state index contributed by atoms with van der Waals surface area (Å²) in [7, 11) is 1.29. The largest absolute Gasteiger partial charge is 0.467 e. The minimum absolute atomic E-state index is 0.0714. The Balaban J connectivity index is 1.73. The molecule has 4 rings (SSSR count). The number of amides is 1. The zero-order chi connectivity index (χ0) is 25.4. The van der Waals surface area contributed by atoms with E-state index in [1.165, 1.54) is 19.2 Å². The minimum Gasteiger partial charge on any atom is -0.467 e. The van der Waals surface area contributed by atoms with Crippen molar-refractivity contribution in [1.29, 1.82) is 0 Å². The van der Waals surface area contributed by atoms with Gasteiger partial charge in [0.1, 0.15) is 11.9 Å². The maximum Gasteiger partial charge on any atom is 0.328 e. The fourth-order valence-electron chi connectivity index (χ4n) is 4.65. The fraction of sp³-hybridized carbons (Fsp3) is 0.161. The molecule has 0 unspecified atom stereocenters. The number of nitrogens with one attached hydrogen (secondary N) is 1. The van der Waals surface area contributed by atoms with E-state index in [9.17, 15) is 14.0 Å². The lowest BCUT2D eigenvalue weighted by Crippen LogP contribution is -2.46. The standard InChI is InChI=1S/C31H28FNO3/c1-36-30(35)28(21-23-17-19-27(32)20-18-23)33-29(34)22-31(24-11-5-2-6-12-24,25-13-7-3-8-14-25)26-15-9-4-10-16-26/h2-20,28H,21-22H2,1H3,(H,33,34)/t28-/m1/s1. The van der Waals surface area contributed by atoms with Gasteiger partial charge in [-0.25, -0.2) is 9.18 Å². The molecule has 0 bridgehead atoms. The molecule has 1 amide bonds. The second kappa shape index (κ2) is 11.5. The average Bonchev–Trinajstić information content (AvgIpc) is 2.93. The van der Waals surface area contributed by atoms with Crippen LogP contribution in [0.1, 0.15) is 28.7 Å².